The van der Waals surface area contributed by atoms with Crippen molar-refractivity contribution in [3.05, 3.63) is 40.6 Å². The van der Waals surface area contributed by atoms with Crippen molar-refractivity contribution in [3.8, 4) is 0 Å². The SMILES string of the molecule is Cn1ccnc1CCC(N)CCCc1cccs1. The molecule has 18 heavy (non-hydrogen) atoms. The van der Waals surface area contributed by atoms with Crippen LogP contribution in [0.4, 0.5) is 0 Å². The van der Waals surface area contributed by atoms with E-state index in [-0.39, 0.29) is 0 Å². The lowest BCUT2D eigenvalue weighted by Gasteiger charge is -2.10. The van der Waals surface area contributed by atoms with Gasteiger partial charge in [0.1, 0.15) is 5.82 Å². The van der Waals surface area contributed by atoms with Crippen LogP contribution in [0.5, 0.6) is 0 Å². The third-order valence-corrected chi connectivity index (χ3v) is 4.17. The number of aromatic nitrogens is 2. The van der Waals surface area contributed by atoms with Gasteiger partial charge < -0.3 is 10.3 Å². The van der Waals surface area contributed by atoms with Gasteiger partial charge in [-0.15, -0.1) is 11.3 Å². The Kier molecular flexibility index (Phi) is 4.96. The molecule has 0 saturated carbocycles. The van der Waals surface area contributed by atoms with Gasteiger partial charge in [0, 0.05) is 36.8 Å². The topological polar surface area (TPSA) is 43.8 Å². The molecule has 4 heteroatoms. The van der Waals surface area contributed by atoms with Gasteiger partial charge in [-0.25, -0.2) is 4.98 Å². The van der Waals surface area contributed by atoms with Crippen LogP contribution in [0.25, 0.3) is 0 Å². The average molecular weight is 263 g/mol. The van der Waals surface area contributed by atoms with Gasteiger partial charge in [-0.2, -0.15) is 0 Å². The summed E-state index contributed by atoms with van der Waals surface area (Å²) in [5.74, 6) is 1.13. The number of imidazole rings is 1. The number of aryl methyl sites for hydroxylation is 3. The third-order valence-electron chi connectivity index (χ3n) is 3.24. The van der Waals surface area contributed by atoms with Crippen molar-refractivity contribution >= 4 is 11.3 Å². The maximum absolute atomic E-state index is 6.15. The highest BCUT2D eigenvalue weighted by Gasteiger charge is 2.06. The second-order valence-corrected chi connectivity index (χ2v) is 5.76. The van der Waals surface area contributed by atoms with Crippen LogP contribution in [0.2, 0.25) is 0 Å². The Hall–Kier alpha value is -1.13. The molecule has 0 amide bonds. The van der Waals surface area contributed by atoms with E-state index < -0.39 is 0 Å². The summed E-state index contributed by atoms with van der Waals surface area (Å²) in [6, 6.07) is 4.60. The average Bonchev–Trinajstić information content (AvgIpc) is 2.98. The molecule has 0 radical (unpaired) electrons. The van der Waals surface area contributed by atoms with Gasteiger partial charge in [0.15, 0.2) is 0 Å². The lowest BCUT2D eigenvalue weighted by atomic mass is 10.0. The molecule has 0 bridgehead atoms. The number of thiophene rings is 1. The first-order valence-electron chi connectivity index (χ1n) is 6.50. The molecule has 1 unspecified atom stereocenters. The minimum absolute atomic E-state index is 0.293. The molecule has 2 aromatic rings. The van der Waals surface area contributed by atoms with Gasteiger partial charge in [-0.1, -0.05) is 6.07 Å². The van der Waals surface area contributed by atoms with Crippen LogP contribution < -0.4 is 5.73 Å². The minimum atomic E-state index is 0.293. The molecule has 0 aliphatic carbocycles. The summed E-state index contributed by atoms with van der Waals surface area (Å²) in [6.07, 6.45) is 9.27. The Morgan fingerprint density at radius 2 is 2.28 bits per heavy atom. The fraction of sp³-hybridized carbons (Fsp3) is 0.500. The van der Waals surface area contributed by atoms with Gasteiger partial charge >= 0.3 is 0 Å². The van der Waals surface area contributed by atoms with Crippen molar-refractivity contribution in [1.82, 2.24) is 9.55 Å². The van der Waals surface area contributed by atoms with Gasteiger partial charge in [-0.3, -0.25) is 0 Å². The predicted octanol–water partition coefficient (Wildman–Crippen LogP) is 2.76. The van der Waals surface area contributed by atoms with Crippen LogP contribution in [0.15, 0.2) is 29.9 Å². The van der Waals surface area contributed by atoms with Crippen LogP contribution in [0.3, 0.4) is 0 Å². The lowest BCUT2D eigenvalue weighted by Crippen LogP contribution is -2.21. The van der Waals surface area contributed by atoms with Crippen molar-refractivity contribution in [3.63, 3.8) is 0 Å². The van der Waals surface area contributed by atoms with E-state index in [1.165, 1.54) is 11.3 Å². The Morgan fingerprint density at radius 1 is 1.39 bits per heavy atom. The summed E-state index contributed by atoms with van der Waals surface area (Å²) >= 11 is 1.83. The van der Waals surface area contributed by atoms with Crippen molar-refractivity contribution in [1.29, 1.82) is 0 Å². The van der Waals surface area contributed by atoms with Crippen molar-refractivity contribution < 1.29 is 0 Å². The largest absolute Gasteiger partial charge is 0.338 e. The molecule has 0 aromatic carbocycles. The molecule has 2 heterocycles. The quantitative estimate of drug-likeness (QED) is 0.834. The van der Waals surface area contributed by atoms with E-state index in [2.05, 4.69) is 27.1 Å². The maximum atomic E-state index is 6.15. The second kappa shape index (κ2) is 6.71. The van der Waals surface area contributed by atoms with E-state index in [4.69, 9.17) is 5.73 Å². The second-order valence-electron chi connectivity index (χ2n) is 4.72. The van der Waals surface area contributed by atoms with E-state index >= 15 is 0 Å². The zero-order chi connectivity index (χ0) is 12.8. The Morgan fingerprint density at radius 3 is 2.94 bits per heavy atom. The maximum Gasteiger partial charge on any atom is 0.108 e. The highest BCUT2D eigenvalue weighted by molar-refractivity contribution is 7.09. The summed E-state index contributed by atoms with van der Waals surface area (Å²) in [4.78, 5) is 5.78. The summed E-state index contributed by atoms with van der Waals surface area (Å²) in [5.41, 5.74) is 6.15. The number of hydrogen-bond donors (Lipinski definition) is 1. The standard InChI is InChI=1S/C14H21N3S/c1-17-10-9-16-14(17)8-7-12(15)4-2-5-13-6-3-11-18-13/h3,6,9-12H,2,4-5,7-8,15H2,1H3. The zero-order valence-corrected chi connectivity index (χ0v) is 11.7. The van der Waals surface area contributed by atoms with Gasteiger partial charge in [0.05, 0.1) is 0 Å². The molecular weight excluding hydrogens is 242 g/mol. The first kappa shape index (κ1) is 13.3. The number of hydrogen-bond acceptors (Lipinski definition) is 3. The molecule has 0 saturated heterocycles. The third kappa shape index (κ3) is 3.96. The van der Waals surface area contributed by atoms with Crippen molar-refractivity contribution in [2.75, 3.05) is 0 Å². The van der Waals surface area contributed by atoms with E-state index in [1.54, 1.807) is 0 Å². The van der Waals surface area contributed by atoms with Crippen LogP contribution in [-0.4, -0.2) is 15.6 Å². The van der Waals surface area contributed by atoms with Crippen LogP contribution in [0, 0.1) is 0 Å². The van der Waals surface area contributed by atoms with E-state index in [0.29, 0.717) is 6.04 Å². The molecule has 2 rings (SSSR count). The highest BCUT2D eigenvalue weighted by atomic mass is 32.1. The molecule has 2 aromatic heterocycles. The molecule has 1 atom stereocenters. The molecular formula is C14H21N3S. The molecule has 2 N–H and O–H groups in total. The van der Waals surface area contributed by atoms with Crippen molar-refractivity contribution in [2.24, 2.45) is 12.8 Å². The van der Waals surface area contributed by atoms with Gasteiger partial charge in [0.25, 0.3) is 0 Å². The molecule has 0 aliphatic heterocycles. The Balaban J connectivity index is 1.63. The normalized spacial score (nSPS) is 12.8. The first-order valence-corrected chi connectivity index (χ1v) is 7.38. The Bertz CT molecular complexity index is 447. The molecule has 98 valence electrons. The minimum Gasteiger partial charge on any atom is -0.338 e. The summed E-state index contributed by atoms with van der Waals surface area (Å²) in [5, 5.41) is 2.14. The van der Waals surface area contributed by atoms with Crippen LogP contribution in [0.1, 0.15) is 30.0 Å². The first-order chi connectivity index (χ1) is 8.75. The summed E-state index contributed by atoms with van der Waals surface area (Å²) < 4.78 is 2.07. The number of nitrogens with zero attached hydrogens (tertiary/aromatic N) is 2. The molecule has 0 fully saturated rings. The summed E-state index contributed by atoms with van der Waals surface area (Å²) in [6.45, 7) is 0. The number of nitrogens with two attached hydrogens (primary N) is 1. The van der Waals surface area contributed by atoms with E-state index in [9.17, 15) is 0 Å². The molecule has 3 nitrogen and oxygen atoms in total. The van der Waals surface area contributed by atoms with Gasteiger partial charge in [-0.05, 0) is 37.1 Å². The molecule has 0 aliphatic rings. The van der Waals surface area contributed by atoms with Crippen LogP contribution >= 0.6 is 11.3 Å². The van der Waals surface area contributed by atoms with E-state index in [1.807, 2.05) is 30.8 Å². The number of rotatable bonds is 7. The molecule has 0 spiro atoms. The highest BCUT2D eigenvalue weighted by Crippen LogP contribution is 2.13. The fourth-order valence-electron chi connectivity index (χ4n) is 2.09. The fourth-order valence-corrected chi connectivity index (χ4v) is 2.84. The summed E-state index contributed by atoms with van der Waals surface area (Å²) in [7, 11) is 2.03. The predicted molar refractivity (Wildman–Crippen MR) is 76.8 cm³/mol. The smallest absolute Gasteiger partial charge is 0.108 e. The van der Waals surface area contributed by atoms with Gasteiger partial charge in [0.2, 0.25) is 0 Å². The monoisotopic (exact) mass is 263 g/mol. The van der Waals surface area contributed by atoms with Crippen molar-refractivity contribution in [2.45, 2.75) is 38.1 Å². The van der Waals surface area contributed by atoms with Crippen LogP contribution in [-0.2, 0) is 19.9 Å². The zero-order valence-electron chi connectivity index (χ0n) is 10.9. The lowest BCUT2D eigenvalue weighted by molar-refractivity contribution is 0.536. The van der Waals surface area contributed by atoms with E-state index in [0.717, 1.165) is 31.5 Å². The Labute approximate surface area is 113 Å².